The van der Waals surface area contributed by atoms with Crippen LogP contribution in [0.1, 0.15) is 32.3 Å². The lowest BCUT2D eigenvalue weighted by atomic mass is 9.85. The molecule has 6 heteroatoms. The van der Waals surface area contributed by atoms with E-state index >= 15 is 0 Å². The molecule has 0 saturated carbocycles. The average Bonchev–Trinajstić information content (AvgIpc) is 2.86. The van der Waals surface area contributed by atoms with E-state index in [0.29, 0.717) is 0 Å². The van der Waals surface area contributed by atoms with Gasteiger partial charge in [-0.15, -0.1) is 24.0 Å². The van der Waals surface area contributed by atoms with E-state index in [1.54, 1.807) is 0 Å². The molecule has 1 aliphatic heterocycles. The highest BCUT2D eigenvalue weighted by atomic mass is 127. The zero-order chi connectivity index (χ0) is 18.8. The van der Waals surface area contributed by atoms with Gasteiger partial charge < -0.3 is 20.4 Å². The third kappa shape index (κ3) is 8.79. The van der Waals surface area contributed by atoms with Crippen LogP contribution in [0.25, 0.3) is 0 Å². The van der Waals surface area contributed by atoms with E-state index in [4.69, 9.17) is 0 Å². The summed E-state index contributed by atoms with van der Waals surface area (Å²) in [5.74, 6) is 0.893. The number of nitrogens with zero attached hydrogens (tertiary/aromatic N) is 3. The van der Waals surface area contributed by atoms with Crippen LogP contribution in [0.15, 0.2) is 35.3 Å². The largest absolute Gasteiger partial charge is 0.356 e. The fourth-order valence-electron chi connectivity index (χ4n) is 3.35. The topological polar surface area (TPSA) is 42.9 Å². The van der Waals surface area contributed by atoms with Crippen molar-refractivity contribution in [1.82, 2.24) is 20.4 Å². The maximum atomic E-state index is 4.37. The number of likely N-dealkylation sites (N-methyl/N-ethyl adjacent to an activating group) is 1. The Balaban J connectivity index is 0.00000364. The first-order chi connectivity index (χ1) is 12.5. The molecule has 27 heavy (non-hydrogen) atoms. The van der Waals surface area contributed by atoms with Gasteiger partial charge in [0.05, 0.1) is 0 Å². The summed E-state index contributed by atoms with van der Waals surface area (Å²) in [6, 6.07) is 10.7. The molecule has 0 bridgehead atoms. The summed E-state index contributed by atoms with van der Waals surface area (Å²) < 4.78 is 0. The monoisotopic (exact) mass is 487 g/mol. The molecule has 0 atom stereocenters. The second-order valence-corrected chi connectivity index (χ2v) is 7.95. The molecule has 1 aromatic carbocycles. The molecule has 1 heterocycles. The molecule has 1 aromatic rings. The molecule has 0 amide bonds. The number of guanidine groups is 1. The van der Waals surface area contributed by atoms with Gasteiger partial charge in [-0.1, -0.05) is 44.2 Å². The minimum atomic E-state index is 0. The van der Waals surface area contributed by atoms with Gasteiger partial charge >= 0.3 is 0 Å². The van der Waals surface area contributed by atoms with Crippen LogP contribution < -0.4 is 10.6 Å². The summed E-state index contributed by atoms with van der Waals surface area (Å²) in [7, 11) is 4.06. The van der Waals surface area contributed by atoms with E-state index in [2.05, 4.69) is 76.7 Å². The molecule has 0 spiro atoms. The Labute approximate surface area is 183 Å². The summed E-state index contributed by atoms with van der Waals surface area (Å²) in [4.78, 5) is 9.38. The van der Waals surface area contributed by atoms with Crippen molar-refractivity contribution < 1.29 is 0 Å². The molecular weight excluding hydrogens is 449 g/mol. The first-order valence-electron chi connectivity index (χ1n) is 9.92. The van der Waals surface area contributed by atoms with E-state index in [0.717, 1.165) is 32.0 Å². The maximum absolute atomic E-state index is 4.37. The smallest absolute Gasteiger partial charge is 0.191 e. The third-order valence-corrected chi connectivity index (χ3v) is 5.23. The fourth-order valence-corrected chi connectivity index (χ4v) is 3.35. The highest BCUT2D eigenvalue weighted by Gasteiger charge is 2.20. The van der Waals surface area contributed by atoms with Crippen molar-refractivity contribution in [2.75, 3.05) is 59.9 Å². The number of hydrogen-bond donors (Lipinski definition) is 2. The van der Waals surface area contributed by atoms with E-state index in [-0.39, 0.29) is 29.4 Å². The molecule has 0 aromatic heterocycles. The van der Waals surface area contributed by atoms with Crippen LogP contribution in [-0.4, -0.2) is 75.7 Å². The maximum Gasteiger partial charge on any atom is 0.191 e. The lowest BCUT2D eigenvalue weighted by molar-refractivity contribution is 0.274. The van der Waals surface area contributed by atoms with Gasteiger partial charge in [0.15, 0.2) is 5.96 Å². The first-order valence-corrected chi connectivity index (χ1v) is 9.92. The number of halogens is 1. The van der Waals surface area contributed by atoms with Crippen LogP contribution in [0.3, 0.4) is 0 Å². The van der Waals surface area contributed by atoms with Gasteiger partial charge in [-0.2, -0.15) is 0 Å². The Hall–Kier alpha value is -0.860. The number of rotatable bonds is 7. The minimum Gasteiger partial charge on any atom is -0.356 e. The Morgan fingerprint density at radius 3 is 2.52 bits per heavy atom. The molecule has 0 aliphatic carbocycles. The number of aliphatic imine (C=N–C) groups is 1. The van der Waals surface area contributed by atoms with E-state index < -0.39 is 0 Å². The van der Waals surface area contributed by atoms with Crippen molar-refractivity contribution in [3.05, 3.63) is 35.9 Å². The zero-order valence-corrected chi connectivity index (χ0v) is 19.8. The van der Waals surface area contributed by atoms with Crippen LogP contribution in [0, 0.1) is 0 Å². The lowest BCUT2D eigenvalue weighted by Gasteiger charge is -2.27. The lowest BCUT2D eigenvalue weighted by Crippen LogP contribution is -2.44. The molecule has 154 valence electrons. The quantitative estimate of drug-likeness (QED) is 0.269. The van der Waals surface area contributed by atoms with Gasteiger partial charge in [-0.05, 0) is 45.1 Å². The van der Waals surface area contributed by atoms with Gasteiger partial charge in [0.25, 0.3) is 0 Å². The standard InChI is InChI=1S/C21H37N5.HI/c1-21(2,19-10-6-5-7-11-19)18-24-20(22-3)23-12-8-14-26-15-9-13-25(4)16-17-26;/h5-7,10-11H,8-9,12-18H2,1-4H3,(H2,22,23,24);1H. The van der Waals surface area contributed by atoms with E-state index in [9.17, 15) is 0 Å². The van der Waals surface area contributed by atoms with Crippen LogP contribution >= 0.6 is 24.0 Å². The molecule has 1 aliphatic rings. The fraction of sp³-hybridized carbons (Fsp3) is 0.667. The minimum absolute atomic E-state index is 0. The summed E-state index contributed by atoms with van der Waals surface area (Å²) in [6.45, 7) is 12.3. The van der Waals surface area contributed by atoms with Crippen LogP contribution in [-0.2, 0) is 5.41 Å². The van der Waals surface area contributed by atoms with Gasteiger partial charge in [0, 0.05) is 38.6 Å². The summed E-state index contributed by atoms with van der Waals surface area (Å²) >= 11 is 0. The zero-order valence-electron chi connectivity index (χ0n) is 17.5. The van der Waals surface area contributed by atoms with Gasteiger partial charge in [-0.25, -0.2) is 0 Å². The number of hydrogen-bond acceptors (Lipinski definition) is 3. The van der Waals surface area contributed by atoms with Gasteiger partial charge in [-0.3, -0.25) is 4.99 Å². The SMILES string of the molecule is CN=C(NCCCN1CCCN(C)CC1)NCC(C)(C)c1ccccc1.I. The highest BCUT2D eigenvalue weighted by Crippen LogP contribution is 2.21. The number of nitrogens with one attached hydrogen (secondary N) is 2. The summed E-state index contributed by atoms with van der Waals surface area (Å²) in [5.41, 5.74) is 1.41. The predicted molar refractivity (Wildman–Crippen MR) is 127 cm³/mol. The Morgan fingerprint density at radius 2 is 1.81 bits per heavy atom. The van der Waals surface area contributed by atoms with E-state index in [1.165, 1.54) is 38.2 Å². The van der Waals surface area contributed by atoms with E-state index in [1.807, 2.05) is 7.05 Å². The second-order valence-electron chi connectivity index (χ2n) is 7.95. The van der Waals surface area contributed by atoms with Gasteiger partial charge in [0.1, 0.15) is 0 Å². The predicted octanol–water partition coefficient (Wildman–Crippen LogP) is 2.77. The third-order valence-electron chi connectivity index (χ3n) is 5.23. The van der Waals surface area contributed by atoms with Crippen LogP contribution in [0.5, 0.6) is 0 Å². The summed E-state index contributed by atoms with van der Waals surface area (Å²) in [5, 5.41) is 6.94. The molecule has 0 radical (unpaired) electrons. The van der Waals surface area contributed by atoms with Crippen molar-refractivity contribution in [1.29, 1.82) is 0 Å². The molecule has 1 fully saturated rings. The average molecular weight is 487 g/mol. The van der Waals surface area contributed by atoms with Gasteiger partial charge in [0.2, 0.25) is 0 Å². The molecule has 5 nitrogen and oxygen atoms in total. The Bertz CT molecular complexity index is 547. The Morgan fingerprint density at radius 1 is 1.07 bits per heavy atom. The van der Waals surface area contributed by atoms with Crippen LogP contribution in [0.2, 0.25) is 0 Å². The molecule has 2 rings (SSSR count). The number of benzene rings is 1. The Kier molecular flexibility index (Phi) is 11.3. The molecule has 1 saturated heterocycles. The second kappa shape index (κ2) is 12.6. The van der Waals surface area contributed by atoms with Crippen molar-refractivity contribution in [3.8, 4) is 0 Å². The summed E-state index contributed by atoms with van der Waals surface area (Å²) in [6.07, 6.45) is 2.42. The van der Waals surface area contributed by atoms with Crippen molar-refractivity contribution >= 4 is 29.9 Å². The first kappa shape index (κ1) is 24.2. The van der Waals surface area contributed by atoms with Crippen LogP contribution in [0.4, 0.5) is 0 Å². The van der Waals surface area contributed by atoms with Crippen molar-refractivity contribution in [2.45, 2.75) is 32.1 Å². The molecular formula is C21H38IN5. The highest BCUT2D eigenvalue weighted by molar-refractivity contribution is 14.0. The molecule has 0 unspecified atom stereocenters. The van der Waals surface area contributed by atoms with Crippen molar-refractivity contribution in [2.24, 2.45) is 4.99 Å². The van der Waals surface area contributed by atoms with Crippen molar-refractivity contribution in [3.63, 3.8) is 0 Å². The normalized spacial score (nSPS) is 17.1. The molecule has 2 N–H and O–H groups in total.